The van der Waals surface area contributed by atoms with Crippen molar-refractivity contribution in [3.8, 4) is 5.75 Å². The molecule has 5 heteroatoms. The summed E-state index contributed by atoms with van der Waals surface area (Å²) >= 11 is 0. The van der Waals surface area contributed by atoms with Crippen molar-refractivity contribution in [1.82, 2.24) is 9.55 Å². The van der Waals surface area contributed by atoms with Crippen LogP contribution in [0.1, 0.15) is 0 Å². The Bertz CT molecular complexity index is 1120. The lowest BCUT2D eigenvalue weighted by Gasteiger charge is -2.15. The highest BCUT2D eigenvalue weighted by molar-refractivity contribution is 5.88. The fourth-order valence-corrected chi connectivity index (χ4v) is 3.02. The van der Waals surface area contributed by atoms with Crippen LogP contribution in [0.2, 0.25) is 0 Å². The van der Waals surface area contributed by atoms with E-state index in [-0.39, 0.29) is 18.7 Å². The van der Waals surface area contributed by atoms with E-state index in [9.17, 15) is 9.90 Å². The van der Waals surface area contributed by atoms with Gasteiger partial charge in [0.05, 0.1) is 23.8 Å². The van der Waals surface area contributed by atoms with Crippen LogP contribution in [0.4, 0.5) is 0 Å². The lowest BCUT2D eigenvalue weighted by molar-refractivity contribution is 0.0922. The van der Waals surface area contributed by atoms with Crippen LogP contribution in [0.25, 0.3) is 21.7 Å². The Labute approximate surface area is 150 Å². The summed E-state index contributed by atoms with van der Waals surface area (Å²) < 4.78 is 7.21. The zero-order valence-electron chi connectivity index (χ0n) is 14.1. The highest BCUT2D eigenvalue weighted by Crippen LogP contribution is 2.25. The van der Waals surface area contributed by atoms with Gasteiger partial charge in [-0.15, -0.1) is 0 Å². The highest BCUT2D eigenvalue weighted by Gasteiger charge is 2.11. The maximum atomic E-state index is 12.5. The summed E-state index contributed by atoms with van der Waals surface area (Å²) in [6.07, 6.45) is 0.640. The van der Waals surface area contributed by atoms with Crippen LogP contribution in [0.15, 0.2) is 77.9 Å². The van der Waals surface area contributed by atoms with E-state index in [0.717, 1.165) is 10.8 Å². The van der Waals surface area contributed by atoms with Crippen molar-refractivity contribution in [3.63, 3.8) is 0 Å². The standard InChI is InChI=1S/C21H18N2O3/c24-16(12-23-14-22-19-10-4-3-9-18(19)21(23)25)13-26-20-11-5-7-15-6-1-2-8-17(15)20/h1-11,14,16,24H,12-13H2/t16-/m0/s1. The first kappa shape index (κ1) is 16.3. The molecule has 0 spiro atoms. The monoisotopic (exact) mass is 346 g/mol. The summed E-state index contributed by atoms with van der Waals surface area (Å²) in [7, 11) is 0. The van der Waals surface area contributed by atoms with Gasteiger partial charge in [0, 0.05) is 5.39 Å². The van der Waals surface area contributed by atoms with Crippen LogP contribution in [-0.4, -0.2) is 27.4 Å². The number of nitrogens with zero attached hydrogens (tertiary/aromatic N) is 2. The largest absolute Gasteiger partial charge is 0.490 e. The van der Waals surface area contributed by atoms with Gasteiger partial charge < -0.3 is 9.84 Å². The second kappa shape index (κ2) is 6.98. The number of ether oxygens (including phenoxy) is 1. The number of fused-ring (bicyclic) bond motifs is 2. The first-order valence-electron chi connectivity index (χ1n) is 8.45. The third kappa shape index (κ3) is 3.17. The SMILES string of the molecule is O=c1c2ccccc2ncn1C[C@H](O)COc1cccc2ccccc12. The van der Waals surface area contributed by atoms with E-state index in [0.29, 0.717) is 16.7 Å². The molecule has 1 aromatic heterocycles. The fourth-order valence-electron chi connectivity index (χ4n) is 3.02. The molecule has 1 heterocycles. The van der Waals surface area contributed by atoms with Crippen LogP contribution in [0.5, 0.6) is 5.75 Å². The Kier molecular flexibility index (Phi) is 4.37. The molecule has 0 saturated heterocycles. The first-order valence-corrected chi connectivity index (χ1v) is 8.45. The van der Waals surface area contributed by atoms with E-state index in [1.54, 1.807) is 18.2 Å². The van der Waals surface area contributed by atoms with Crippen molar-refractivity contribution in [2.24, 2.45) is 0 Å². The lowest BCUT2D eigenvalue weighted by Crippen LogP contribution is -2.30. The van der Waals surface area contributed by atoms with Gasteiger partial charge in [0.15, 0.2) is 0 Å². The van der Waals surface area contributed by atoms with Crippen molar-refractivity contribution in [2.45, 2.75) is 12.6 Å². The Morgan fingerprint density at radius 3 is 2.58 bits per heavy atom. The molecule has 0 unspecified atom stereocenters. The number of benzene rings is 3. The molecule has 130 valence electrons. The van der Waals surface area contributed by atoms with Crippen LogP contribution < -0.4 is 10.3 Å². The molecule has 4 rings (SSSR count). The molecule has 0 bridgehead atoms. The zero-order chi connectivity index (χ0) is 17.9. The molecular formula is C21H18N2O3. The van der Waals surface area contributed by atoms with Crippen molar-refractivity contribution >= 4 is 21.7 Å². The van der Waals surface area contributed by atoms with Crippen molar-refractivity contribution < 1.29 is 9.84 Å². The van der Waals surface area contributed by atoms with Gasteiger partial charge >= 0.3 is 0 Å². The second-order valence-electron chi connectivity index (χ2n) is 6.16. The average molecular weight is 346 g/mol. The minimum absolute atomic E-state index is 0.0906. The molecule has 0 aliphatic rings. The minimum atomic E-state index is -0.824. The summed E-state index contributed by atoms with van der Waals surface area (Å²) in [5, 5.41) is 12.9. The molecule has 1 atom stereocenters. The van der Waals surface area contributed by atoms with E-state index in [4.69, 9.17) is 4.74 Å². The Morgan fingerprint density at radius 2 is 1.69 bits per heavy atom. The Morgan fingerprint density at radius 1 is 0.962 bits per heavy atom. The van der Waals surface area contributed by atoms with E-state index >= 15 is 0 Å². The number of para-hydroxylation sites is 1. The number of aromatic nitrogens is 2. The van der Waals surface area contributed by atoms with E-state index in [1.165, 1.54) is 10.9 Å². The van der Waals surface area contributed by atoms with Gasteiger partial charge in [0.25, 0.3) is 5.56 Å². The molecular weight excluding hydrogens is 328 g/mol. The third-order valence-electron chi connectivity index (χ3n) is 4.32. The molecule has 3 aromatic carbocycles. The number of hydrogen-bond donors (Lipinski definition) is 1. The van der Waals surface area contributed by atoms with Crippen LogP contribution >= 0.6 is 0 Å². The maximum Gasteiger partial charge on any atom is 0.261 e. The first-order chi connectivity index (χ1) is 12.7. The molecule has 4 aromatic rings. The quantitative estimate of drug-likeness (QED) is 0.603. The smallest absolute Gasteiger partial charge is 0.261 e. The van der Waals surface area contributed by atoms with Crippen LogP contribution in [0, 0.1) is 0 Å². The van der Waals surface area contributed by atoms with Gasteiger partial charge in [-0.2, -0.15) is 0 Å². The topological polar surface area (TPSA) is 64.4 Å². The maximum absolute atomic E-state index is 12.5. The molecule has 5 nitrogen and oxygen atoms in total. The number of aliphatic hydroxyl groups excluding tert-OH is 1. The van der Waals surface area contributed by atoms with Gasteiger partial charge in [-0.05, 0) is 23.6 Å². The van der Waals surface area contributed by atoms with Crippen molar-refractivity contribution in [3.05, 3.63) is 83.4 Å². The van der Waals surface area contributed by atoms with Crippen molar-refractivity contribution in [2.75, 3.05) is 6.61 Å². The molecule has 0 aliphatic heterocycles. The second-order valence-corrected chi connectivity index (χ2v) is 6.16. The molecule has 0 fully saturated rings. The summed E-state index contributed by atoms with van der Waals surface area (Å²) in [6, 6.07) is 20.9. The van der Waals surface area contributed by atoms with Gasteiger partial charge in [-0.1, -0.05) is 48.5 Å². The molecule has 0 saturated carbocycles. The fraction of sp³-hybridized carbons (Fsp3) is 0.143. The molecule has 1 N–H and O–H groups in total. The van der Waals surface area contributed by atoms with Crippen LogP contribution in [-0.2, 0) is 6.54 Å². The normalized spacial score (nSPS) is 12.3. The van der Waals surface area contributed by atoms with Crippen molar-refractivity contribution in [1.29, 1.82) is 0 Å². The predicted molar refractivity (Wildman–Crippen MR) is 101 cm³/mol. The molecule has 0 amide bonds. The lowest BCUT2D eigenvalue weighted by atomic mass is 10.1. The van der Waals surface area contributed by atoms with E-state index in [2.05, 4.69) is 4.98 Å². The summed E-state index contributed by atoms with van der Waals surface area (Å²) in [5.41, 5.74) is 0.482. The highest BCUT2D eigenvalue weighted by atomic mass is 16.5. The van der Waals surface area contributed by atoms with Crippen LogP contribution in [0.3, 0.4) is 0 Å². The molecule has 0 radical (unpaired) electrons. The number of rotatable bonds is 5. The van der Waals surface area contributed by atoms with Gasteiger partial charge in [-0.25, -0.2) is 4.98 Å². The minimum Gasteiger partial charge on any atom is -0.490 e. The predicted octanol–water partition coefficient (Wildman–Crippen LogP) is 2.99. The zero-order valence-corrected chi connectivity index (χ0v) is 14.1. The molecule has 26 heavy (non-hydrogen) atoms. The average Bonchev–Trinajstić information content (AvgIpc) is 2.69. The Balaban J connectivity index is 1.50. The summed E-state index contributed by atoms with van der Waals surface area (Å²) in [5.74, 6) is 0.714. The third-order valence-corrected chi connectivity index (χ3v) is 4.32. The number of hydrogen-bond acceptors (Lipinski definition) is 4. The van der Waals surface area contributed by atoms with Gasteiger partial charge in [0.1, 0.15) is 18.5 Å². The summed E-state index contributed by atoms with van der Waals surface area (Å²) in [6.45, 7) is 0.217. The Hall–Kier alpha value is -3.18. The van der Waals surface area contributed by atoms with Gasteiger partial charge in [0.2, 0.25) is 0 Å². The van der Waals surface area contributed by atoms with Gasteiger partial charge in [-0.3, -0.25) is 9.36 Å². The molecule has 0 aliphatic carbocycles. The summed E-state index contributed by atoms with van der Waals surface area (Å²) in [4.78, 5) is 16.7. The van der Waals surface area contributed by atoms with E-state index < -0.39 is 6.10 Å². The van der Waals surface area contributed by atoms with E-state index in [1.807, 2.05) is 48.5 Å². The number of aliphatic hydroxyl groups is 1.